The highest BCUT2D eigenvalue weighted by Crippen LogP contribution is 2.23. The molecule has 0 bridgehead atoms. The number of para-hydroxylation sites is 1. The average molecular weight is 320 g/mol. The number of ether oxygens (including phenoxy) is 2. The number of amides is 1. The standard InChI is InChI=1S/C18H28N2O3/c1-14(2)16-6-4-5-7-17(16)19-18(21)8-9-20(3)12-15-13-22-10-11-23-15/h4-7,14-15H,8-13H2,1-3H3,(H,19,21). The maximum atomic E-state index is 12.2. The third kappa shape index (κ3) is 5.94. The van der Waals surface area contributed by atoms with Crippen LogP contribution in [0.15, 0.2) is 24.3 Å². The first-order valence-electron chi connectivity index (χ1n) is 8.33. The van der Waals surface area contributed by atoms with Gasteiger partial charge in [-0.15, -0.1) is 0 Å². The normalized spacial score (nSPS) is 18.4. The van der Waals surface area contributed by atoms with E-state index in [9.17, 15) is 4.79 Å². The molecule has 1 N–H and O–H groups in total. The van der Waals surface area contributed by atoms with E-state index in [1.165, 1.54) is 5.56 Å². The fraction of sp³-hybridized carbons (Fsp3) is 0.611. The van der Waals surface area contributed by atoms with E-state index < -0.39 is 0 Å². The van der Waals surface area contributed by atoms with Crippen molar-refractivity contribution in [3.8, 4) is 0 Å². The Balaban J connectivity index is 1.76. The molecule has 1 heterocycles. The van der Waals surface area contributed by atoms with Crippen LogP contribution in [0, 0.1) is 0 Å². The lowest BCUT2D eigenvalue weighted by molar-refractivity contribution is -0.117. The zero-order valence-corrected chi connectivity index (χ0v) is 14.4. The topological polar surface area (TPSA) is 50.8 Å². The van der Waals surface area contributed by atoms with E-state index in [1.807, 2.05) is 25.2 Å². The molecule has 1 saturated heterocycles. The van der Waals surface area contributed by atoms with Crippen molar-refractivity contribution in [3.63, 3.8) is 0 Å². The van der Waals surface area contributed by atoms with Crippen LogP contribution in [0.5, 0.6) is 0 Å². The summed E-state index contributed by atoms with van der Waals surface area (Å²) in [5, 5.41) is 3.03. The average Bonchev–Trinajstić information content (AvgIpc) is 2.54. The molecule has 128 valence electrons. The van der Waals surface area contributed by atoms with Gasteiger partial charge >= 0.3 is 0 Å². The van der Waals surface area contributed by atoms with E-state index in [1.54, 1.807) is 0 Å². The van der Waals surface area contributed by atoms with Gasteiger partial charge < -0.3 is 19.7 Å². The van der Waals surface area contributed by atoms with Crippen molar-refractivity contribution in [2.45, 2.75) is 32.3 Å². The van der Waals surface area contributed by atoms with Crippen molar-refractivity contribution in [1.29, 1.82) is 0 Å². The summed E-state index contributed by atoms with van der Waals surface area (Å²) >= 11 is 0. The van der Waals surface area contributed by atoms with E-state index >= 15 is 0 Å². The van der Waals surface area contributed by atoms with Gasteiger partial charge in [-0.3, -0.25) is 4.79 Å². The molecule has 2 rings (SSSR count). The van der Waals surface area contributed by atoms with Crippen LogP contribution in [0.2, 0.25) is 0 Å². The highest BCUT2D eigenvalue weighted by atomic mass is 16.6. The molecule has 0 radical (unpaired) electrons. The number of nitrogens with zero attached hydrogens (tertiary/aromatic N) is 1. The minimum Gasteiger partial charge on any atom is -0.376 e. The van der Waals surface area contributed by atoms with E-state index in [-0.39, 0.29) is 12.0 Å². The lowest BCUT2D eigenvalue weighted by Gasteiger charge is -2.27. The van der Waals surface area contributed by atoms with Gasteiger partial charge in [-0.25, -0.2) is 0 Å². The van der Waals surface area contributed by atoms with Crippen LogP contribution in [-0.2, 0) is 14.3 Å². The maximum Gasteiger partial charge on any atom is 0.225 e. The second-order valence-corrected chi connectivity index (χ2v) is 6.37. The SMILES string of the molecule is CC(C)c1ccccc1NC(=O)CCN(C)CC1COCCO1. The molecule has 1 amide bonds. The fourth-order valence-electron chi connectivity index (χ4n) is 2.70. The highest BCUT2D eigenvalue weighted by Gasteiger charge is 2.17. The second-order valence-electron chi connectivity index (χ2n) is 6.37. The third-order valence-electron chi connectivity index (χ3n) is 3.98. The number of hydrogen-bond acceptors (Lipinski definition) is 4. The number of benzene rings is 1. The van der Waals surface area contributed by atoms with Crippen LogP contribution in [0.3, 0.4) is 0 Å². The Morgan fingerprint density at radius 1 is 1.35 bits per heavy atom. The summed E-state index contributed by atoms with van der Waals surface area (Å²) in [6, 6.07) is 7.98. The largest absolute Gasteiger partial charge is 0.376 e. The third-order valence-corrected chi connectivity index (χ3v) is 3.98. The first kappa shape index (κ1) is 17.9. The molecule has 1 aromatic rings. The van der Waals surface area contributed by atoms with Crippen LogP contribution >= 0.6 is 0 Å². The van der Waals surface area contributed by atoms with Crippen LogP contribution in [-0.4, -0.2) is 56.9 Å². The van der Waals surface area contributed by atoms with Gasteiger partial charge in [0.05, 0.1) is 25.9 Å². The lowest BCUT2D eigenvalue weighted by Crippen LogP contribution is -2.39. The Kier molecular flexibility index (Phi) is 7.02. The number of hydrogen-bond donors (Lipinski definition) is 1. The molecule has 1 fully saturated rings. The molecule has 23 heavy (non-hydrogen) atoms. The van der Waals surface area contributed by atoms with Crippen LogP contribution < -0.4 is 5.32 Å². The molecule has 5 nitrogen and oxygen atoms in total. The Bertz CT molecular complexity index is 499. The number of anilines is 1. The predicted octanol–water partition coefficient (Wildman–Crippen LogP) is 2.49. The number of carbonyl (C=O) groups is 1. The van der Waals surface area contributed by atoms with E-state index in [2.05, 4.69) is 30.1 Å². The molecular weight excluding hydrogens is 292 g/mol. The molecule has 1 aliphatic heterocycles. The monoisotopic (exact) mass is 320 g/mol. The molecule has 0 saturated carbocycles. The molecule has 0 spiro atoms. The zero-order valence-electron chi connectivity index (χ0n) is 14.4. The van der Waals surface area contributed by atoms with Gasteiger partial charge in [0.15, 0.2) is 0 Å². The van der Waals surface area contributed by atoms with Crippen molar-refractivity contribution in [3.05, 3.63) is 29.8 Å². The van der Waals surface area contributed by atoms with Crippen LogP contribution in [0.4, 0.5) is 5.69 Å². The first-order chi connectivity index (χ1) is 11.1. The van der Waals surface area contributed by atoms with Crippen molar-refractivity contribution < 1.29 is 14.3 Å². The van der Waals surface area contributed by atoms with Gasteiger partial charge in [-0.1, -0.05) is 32.0 Å². The summed E-state index contributed by atoms with van der Waals surface area (Å²) in [5.41, 5.74) is 2.08. The number of rotatable bonds is 7. The van der Waals surface area contributed by atoms with Gasteiger partial charge in [-0.05, 0) is 24.6 Å². The van der Waals surface area contributed by atoms with Crippen LogP contribution in [0.1, 0.15) is 31.7 Å². The van der Waals surface area contributed by atoms with E-state index in [0.29, 0.717) is 38.7 Å². The predicted molar refractivity (Wildman–Crippen MR) is 91.8 cm³/mol. The first-order valence-corrected chi connectivity index (χ1v) is 8.33. The van der Waals surface area contributed by atoms with Crippen molar-refractivity contribution >= 4 is 11.6 Å². The summed E-state index contributed by atoms with van der Waals surface area (Å²) in [5.74, 6) is 0.434. The summed E-state index contributed by atoms with van der Waals surface area (Å²) in [6.45, 7) is 7.72. The maximum absolute atomic E-state index is 12.2. The van der Waals surface area contributed by atoms with Gasteiger partial charge in [0, 0.05) is 25.2 Å². The Morgan fingerprint density at radius 2 is 2.13 bits per heavy atom. The summed E-state index contributed by atoms with van der Waals surface area (Å²) in [6.07, 6.45) is 0.578. The minimum absolute atomic E-state index is 0.0470. The minimum atomic E-state index is 0.0470. The van der Waals surface area contributed by atoms with Gasteiger partial charge in [-0.2, -0.15) is 0 Å². The quantitative estimate of drug-likeness (QED) is 0.838. The summed E-state index contributed by atoms with van der Waals surface area (Å²) in [7, 11) is 2.01. The summed E-state index contributed by atoms with van der Waals surface area (Å²) < 4.78 is 11.0. The molecule has 1 aromatic carbocycles. The molecule has 5 heteroatoms. The Labute approximate surface area is 139 Å². The van der Waals surface area contributed by atoms with Crippen molar-refractivity contribution in [2.24, 2.45) is 0 Å². The van der Waals surface area contributed by atoms with Gasteiger partial charge in [0.25, 0.3) is 0 Å². The fourth-order valence-corrected chi connectivity index (χ4v) is 2.70. The molecule has 1 unspecified atom stereocenters. The number of nitrogens with one attached hydrogen (secondary N) is 1. The number of carbonyl (C=O) groups excluding carboxylic acids is 1. The van der Waals surface area contributed by atoms with Crippen molar-refractivity contribution in [2.75, 3.05) is 45.3 Å². The molecule has 0 aliphatic carbocycles. The smallest absolute Gasteiger partial charge is 0.225 e. The van der Waals surface area contributed by atoms with Crippen LogP contribution in [0.25, 0.3) is 0 Å². The Morgan fingerprint density at radius 3 is 2.83 bits per heavy atom. The lowest BCUT2D eigenvalue weighted by atomic mass is 10.0. The number of likely N-dealkylation sites (N-methyl/N-ethyl adjacent to an activating group) is 1. The molecule has 1 atom stereocenters. The molecular formula is C18H28N2O3. The molecule has 1 aliphatic rings. The van der Waals surface area contributed by atoms with Gasteiger partial charge in [0.2, 0.25) is 5.91 Å². The van der Waals surface area contributed by atoms with Crippen molar-refractivity contribution in [1.82, 2.24) is 4.90 Å². The van der Waals surface area contributed by atoms with E-state index in [4.69, 9.17) is 9.47 Å². The summed E-state index contributed by atoms with van der Waals surface area (Å²) in [4.78, 5) is 14.3. The zero-order chi connectivity index (χ0) is 16.7. The highest BCUT2D eigenvalue weighted by molar-refractivity contribution is 5.91. The second kappa shape index (κ2) is 9.01. The van der Waals surface area contributed by atoms with E-state index in [0.717, 1.165) is 12.2 Å². The Hall–Kier alpha value is -1.43. The molecule has 0 aromatic heterocycles. The van der Waals surface area contributed by atoms with Gasteiger partial charge in [0.1, 0.15) is 0 Å².